The Morgan fingerprint density at radius 3 is 2.64 bits per heavy atom. The molecule has 33 heavy (non-hydrogen) atoms. The van der Waals surface area contributed by atoms with Crippen LogP contribution in [0.25, 0.3) is 11.3 Å². The predicted octanol–water partition coefficient (Wildman–Crippen LogP) is 5.25. The smallest absolute Gasteiger partial charge is 0.234 e. The first kappa shape index (κ1) is 22.5. The molecule has 170 valence electrons. The second-order valence-corrected chi connectivity index (χ2v) is 8.30. The fraction of sp³-hybridized carbons (Fsp3) is 0.200. The molecule has 8 heteroatoms. The maximum atomic E-state index is 12.7. The fourth-order valence-corrected chi connectivity index (χ4v) is 4.15. The minimum atomic E-state index is -0.170. The highest BCUT2D eigenvalue weighted by Gasteiger charge is 2.16. The van der Waals surface area contributed by atoms with E-state index in [1.807, 2.05) is 18.3 Å². The van der Waals surface area contributed by atoms with Gasteiger partial charge in [0.25, 0.3) is 0 Å². The molecule has 0 bridgehead atoms. The lowest BCUT2D eigenvalue weighted by molar-refractivity contribution is -0.113. The normalized spacial score (nSPS) is 10.8. The Morgan fingerprint density at radius 1 is 1.12 bits per heavy atom. The molecule has 7 nitrogen and oxygen atoms in total. The zero-order valence-electron chi connectivity index (χ0n) is 18.7. The number of hydrogen-bond acceptors (Lipinski definition) is 6. The van der Waals surface area contributed by atoms with Crippen LogP contribution in [0.4, 0.5) is 5.69 Å². The summed E-state index contributed by atoms with van der Waals surface area (Å²) < 4.78 is 18.2. The molecule has 0 saturated heterocycles. The SMILES string of the molecule is COc1ccc(OC)c(NC(=O)CSc2ncc(-c3ccc(C)cc3)n2Cc2ccco2)c1. The number of rotatable bonds is 9. The van der Waals surface area contributed by atoms with Crippen LogP contribution in [0.2, 0.25) is 0 Å². The van der Waals surface area contributed by atoms with E-state index in [-0.39, 0.29) is 11.7 Å². The topological polar surface area (TPSA) is 78.5 Å². The molecule has 1 amide bonds. The third kappa shape index (κ3) is 5.40. The number of nitrogens with zero attached hydrogens (tertiary/aromatic N) is 2. The minimum absolute atomic E-state index is 0.170. The lowest BCUT2D eigenvalue weighted by atomic mass is 10.1. The molecule has 2 aromatic heterocycles. The number of aryl methyl sites for hydroxylation is 1. The van der Waals surface area contributed by atoms with E-state index in [0.717, 1.165) is 22.2 Å². The van der Waals surface area contributed by atoms with Gasteiger partial charge in [0, 0.05) is 6.07 Å². The number of aromatic nitrogens is 2. The zero-order chi connectivity index (χ0) is 23.2. The summed E-state index contributed by atoms with van der Waals surface area (Å²) in [4.78, 5) is 17.3. The van der Waals surface area contributed by atoms with Crippen molar-refractivity contribution in [1.82, 2.24) is 9.55 Å². The second kappa shape index (κ2) is 10.3. The number of carbonyl (C=O) groups excluding carboxylic acids is 1. The van der Waals surface area contributed by atoms with Crippen molar-refractivity contribution in [2.45, 2.75) is 18.6 Å². The molecule has 0 aliphatic carbocycles. The van der Waals surface area contributed by atoms with Gasteiger partial charge in [0.05, 0.1) is 50.4 Å². The standard InChI is InChI=1S/C25H25N3O4S/c1-17-6-8-18(9-7-17)22-14-26-25(28(22)15-20-5-4-12-32-20)33-16-24(29)27-21-13-19(30-2)10-11-23(21)31-3/h4-14H,15-16H2,1-3H3,(H,27,29). The van der Waals surface area contributed by atoms with Crippen LogP contribution in [-0.2, 0) is 11.3 Å². The van der Waals surface area contributed by atoms with Gasteiger partial charge in [0.1, 0.15) is 17.3 Å². The summed E-state index contributed by atoms with van der Waals surface area (Å²) in [6.45, 7) is 2.57. The average Bonchev–Trinajstić information content (AvgIpc) is 3.48. The number of ether oxygens (including phenoxy) is 2. The van der Waals surface area contributed by atoms with Crippen LogP contribution in [0.1, 0.15) is 11.3 Å². The Kier molecular flexibility index (Phi) is 7.04. The second-order valence-electron chi connectivity index (χ2n) is 7.36. The summed E-state index contributed by atoms with van der Waals surface area (Å²) >= 11 is 1.36. The highest BCUT2D eigenvalue weighted by atomic mass is 32.2. The maximum absolute atomic E-state index is 12.7. The van der Waals surface area contributed by atoms with Crippen molar-refractivity contribution in [1.29, 1.82) is 0 Å². The summed E-state index contributed by atoms with van der Waals surface area (Å²) in [5.74, 6) is 2.03. The van der Waals surface area contributed by atoms with Crippen molar-refractivity contribution in [3.63, 3.8) is 0 Å². The Labute approximate surface area is 196 Å². The van der Waals surface area contributed by atoms with Gasteiger partial charge in [-0.1, -0.05) is 41.6 Å². The summed E-state index contributed by atoms with van der Waals surface area (Å²) in [6.07, 6.45) is 3.48. The number of thioether (sulfide) groups is 1. The van der Waals surface area contributed by atoms with Crippen LogP contribution in [-0.4, -0.2) is 35.4 Å². The van der Waals surface area contributed by atoms with Crippen LogP contribution < -0.4 is 14.8 Å². The van der Waals surface area contributed by atoms with Gasteiger partial charge < -0.3 is 23.8 Å². The third-order valence-electron chi connectivity index (χ3n) is 5.07. The molecule has 4 rings (SSSR count). The number of nitrogens with one attached hydrogen (secondary N) is 1. The first-order chi connectivity index (χ1) is 16.1. The Morgan fingerprint density at radius 2 is 1.94 bits per heavy atom. The Hall–Kier alpha value is -3.65. The number of carbonyl (C=O) groups is 1. The zero-order valence-corrected chi connectivity index (χ0v) is 19.5. The van der Waals surface area contributed by atoms with Crippen molar-refractivity contribution in [3.8, 4) is 22.8 Å². The first-order valence-corrected chi connectivity index (χ1v) is 11.4. The lowest BCUT2D eigenvalue weighted by Gasteiger charge is -2.13. The highest BCUT2D eigenvalue weighted by Crippen LogP contribution is 2.30. The Balaban J connectivity index is 1.53. The predicted molar refractivity (Wildman–Crippen MR) is 129 cm³/mol. The van der Waals surface area contributed by atoms with E-state index < -0.39 is 0 Å². The molecular weight excluding hydrogens is 438 g/mol. The molecule has 0 aliphatic rings. The molecule has 0 aliphatic heterocycles. The van der Waals surface area contributed by atoms with Crippen LogP contribution in [0.5, 0.6) is 11.5 Å². The van der Waals surface area contributed by atoms with E-state index in [4.69, 9.17) is 13.9 Å². The molecule has 0 unspecified atom stereocenters. The molecule has 1 N–H and O–H groups in total. The highest BCUT2D eigenvalue weighted by molar-refractivity contribution is 7.99. The molecule has 0 atom stereocenters. The lowest BCUT2D eigenvalue weighted by Crippen LogP contribution is -2.15. The average molecular weight is 464 g/mol. The van der Waals surface area contributed by atoms with Crippen LogP contribution in [0.3, 0.4) is 0 Å². The monoisotopic (exact) mass is 463 g/mol. The van der Waals surface area contributed by atoms with Crippen LogP contribution in [0, 0.1) is 6.92 Å². The molecule has 0 spiro atoms. The Bertz CT molecular complexity index is 1220. The quantitative estimate of drug-likeness (QED) is 0.342. The van der Waals surface area contributed by atoms with Crippen molar-refractivity contribution in [2.75, 3.05) is 25.3 Å². The summed E-state index contributed by atoms with van der Waals surface area (Å²) in [5.41, 5.74) is 3.76. The van der Waals surface area contributed by atoms with E-state index in [1.54, 1.807) is 38.7 Å². The minimum Gasteiger partial charge on any atom is -0.497 e. The van der Waals surface area contributed by atoms with Crippen LogP contribution in [0.15, 0.2) is 76.6 Å². The molecule has 0 fully saturated rings. The summed E-state index contributed by atoms with van der Waals surface area (Å²) in [6, 6.07) is 17.3. The van der Waals surface area contributed by atoms with Crippen molar-refractivity contribution in [2.24, 2.45) is 0 Å². The first-order valence-electron chi connectivity index (χ1n) is 10.4. The largest absolute Gasteiger partial charge is 0.497 e. The third-order valence-corrected chi connectivity index (χ3v) is 6.06. The van der Waals surface area contributed by atoms with Crippen molar-refractivity contribution in [3.05, 3.63) is 78.4 Å². The van der Waals surface area contributed by atoms with Crippen molar-refractivity contribution < 1.29 is 18.7 Å². The number of hydrogen-bond donors (Lipinski definition) is 1. The number of imidazole rings is 1. The van der Waals surface area contributed by atoms with Gasteiger partial charge in [0.15, 0.2) is 5.16 Å². The van der Waals surface area contributed by atoms with Gasteiger partial charge in [-0.15, -0.1) is 0 Å². The number of anilines is 1. The van der Waals surface area contributed by atoms with Gasteiger partial charge in [-0.25, -0.2) is 4.98 Å². The van der Waals surface area contributed by atoms with E-state index in [2.05, 4.69) is 46.1 Å². The van der Waals surface area contributed by atoms with E-state index >= 15 is 0 Å². The number of methoxy groups -OCH3 is 2. The molecule has 2 heterocycles. The summed E-state index contributed by atoms with van der Waals surface area (Å²) in [7, 11) is 3.14. The molecule has 0 radical (unpaired) electrons. The van der Waals surface area contributed by atoms with Crippen LogP contribution >= 0.6 is 11.8 Å². The molecular formula is C25H25N3O4S. The van der Waals surface area contributed by atoms with E-state index in [0.29, 0.717) is 23.7 Å². The molecule has 4 aromatic rings. The molecule has 0 saturated carbocycles. The van der Waals surface area contributed by atoms with Gasteiger partial charge in [-0.3, -0.25) is 4.79 Å². The maximum Gasteiger partial charge on any atom is 0.234 e. The van der Waals surface area contributed by atoms with Gasteiger partial charge in [-0.2, -0.15) is 0 Å². The fourth-order valence-electron chi connectivity index (χ4n) is 3.37. The number of furan rings is 1. The van der Waals surface area contributed by atoms with Crippen molar-refractivity contribution >= 4 is 23.4 Å². The summed E-state index contributed by atoms with van der Waals surface area (Å²) in [5, 5.41) is 3.63. The number of benzene rings is 2. The van der Waals surface area contributed by atoms with Gasteiger partial charge in [0.2, 0.25) is 5.91 Å². The van der Waals surface area contributed by atoms with Gasteiger partial charge in [-0.05, 0) is 36.8 Å². The van der Waals surface area contributed by atoms with E-state index in [1.165, 1.54) is 17.3 Å². The molecule has 2 aromatic carbocycles. The van der Waals surface area contributed by atoms with Gasteiger partial charge >= 0.3 is 0 Å². The number of amides is 1. The van der Waals surface area contributed by atoms with E-state index in [9.17, 15) is 4.79 Å².